The summed E-state index contributed by atoms with van der Waals surface area (Å²) in [6, 6.07) is 0. The van der Waals surface area contributed by atoms with Crippen molar-refractivity contribution < 1.29 is 0 Å². The molecule has 0 saturated heterocycles. The molecule has 9 heavy (non-hydrogen) atoms. The third kappa shape index (κ3) is 4.15. The summed E-state index contributed by atoms with van der Waals surface area (Å²) in [5.74, 6) is 0. The molecule has 0 bridgehead atoms. The van der Waals surface area contributed by atoms with Gasteiger partial charge in [0.1, 0.15) is 0 Å². The Labute approximate surface area is 57.2 Å². The molecule has 0 radical (unpaired) electrons. The van der Waals surface area contributed by atoms with Crippen LogP contribution in [-0.2, 0) is 0 Å². The van der Waals surface area contributed by atoms with Gasteiger partial charge in [-0.1, -0.05) is 13.3 Å². The van der Waals surface area contributed by atoms with E-state index < -0.39 is 0 Å². The van der Waals surface area contributed by atoms with Gasteiger partial charge in [-0.3, -0.25) is 4.99 Å². The third-order valence-corrected chi connectivity index (χ3v) is 1.16. The van der Waals surface area contributed by atoms with Crippen LogP contribution in [-0.4, -0.2) is 18.8 Å². The van der Waals surface area contributed by atoms with Gasteiger partial charge in [0.25, 0.3) is 0 Å². The topological polar surface area (TPSA) is 38.4 Å². The lowest BCUT2D eigenvalue weighted by molar-refractivity contribution is 0.955. The highest BCUT2D eigenvalue weighted by Gasteiger charge is 1.90. The Kier molecular flexibility index (Phi) is 5.52. The number of aliphatic imine (C=N–C) groups is 1. The summed E-state index contributed by atoms with van der Waals surface area (Å²) >= 11 is 0. The molecular formula is C7H16N2. The largest absolute Gasteiger partial charge is 0.326 e. The minimum atomic E-state index is 0.627. The molecule has 0 aliphatic rings. The lowest BCUT2D eigenvalue weighted by atomic mass is 10.2. The van der Waals surface area contributed by atoms with Crippen LogP contribution in [0.4, 0.5) is 0 Å². The quantitative estimate of drug-likeness (QED) is 0.568. The van der Waals surface area contributed by atoms with Gasteiger partial charge in [0.2, 0.25) is 0 Å². The van der Waals surface area contributed by atoms with Gasteiger partial charge in [-0.15, -0.1) is 0 Å². The van der Waals surface area contributed by atoms with Gasteiger partial charge in [-0.05, 0) is 13.3 Å². The van der Waals surface area contributed by atoms with E-state index in [1.54, 1.807) is 0 Å². The zero-order chi connectivity index (χ0) is 7.11. The maximum Gasteiger partial charge on any atom is 0.0360 e. The molecule has 0 aliphatic heterocycles. The van der Waals surface area contributed by atoms with Crippen LogP contribution in [0.25, 0.3) is 0 Å². The minimum Gasteiger partial charge on any atom is -0.326 e. The predicted molar refractivity (Wildman–Crippen MR) is 41.9 cm³/mol. The summed E-state index contributed by atoms with van der Waals surface area (Å²) in [4.78, 5) is 4.22. The average molecular weight is 128 g/mol. The second kappa shape index (κ2) is 5.76. The molecule has 2 heteroatoms. The molecule has 0 aliphatic carbocycles. The monoisotopic (exact) mass is 128 g/mol. The van der Waals surface area contributed by atoms with Gasteiger partial charge in [-0.25, -0.2) is 0 Å². The molecule has 2 nitrogen and oxygen atoms in total. The summed E-state index contributed by atoms with van der Waals surface area (Å²) in [5.41, 5.74) is 6.57. The summed E-state index contributed by atoms with van der Waals surface area (Å²) in [6.45, 7) is 5.67. The molecule has 0 spiro atoms. The van der Waals surface area contributed by atoms with Crippen molar-refractivity contribution in [3.63, 3.8) is 0 Å². The molecule has 0 fully saturated rings. The fourth-order valence-electron chi connectivity index (χ4n) is 0.758. The molecule has 0 heterocycles. The smallest absolute Gasteiger partial charge is 0.0360 e. The average Bonchev–Trinajstić information content (AvgIpc) is 1.88. The Hall–Kier alpha value is -0.370. The molecule has 2 N–H and O–H groups in total. The molecule has 0 aromatic carbocycles. The highest BCUT2D eigenvalue weighted by atomic mass is 14.7. The van der Waals surface area contributed by atoms with Crippen LogP contribution in [0.1, 0.15) is 26.7 Å². The minimum absolute atomic E-state index is 0.627. The third-order valence-electron chi connectivity index (χ3n) is 1.16. The van der Waals surface area contributed by atoms with E-state index in [4.69, 9.17) is 5.73 Å². The van der Waals surface area contributed by atoms with Crippen LogP contribution in [0, 0.1) is 0 Å². The van der Waals surface area contributed by atoms with E-state index in [9.17, 15) is 0 Å². The number of nitrogens with two attached hydrogens (primary N) is 1. The molecule has 0 rings (SSSR count). The first-order chi connectivity index (χ1) is 4.35. The van der Waals surface area contributed by atoms with Crippen LogP contribution < -0.4 is 5.73 Å². The van der Waals surface area contributed by atoms with Crippen LogP contribution >= 0.6 is 0 Å². The maximum absolute atomic E-state index is 5.41. The summed E-state index contributed by atoms with van der Waals surface area (Å²) in [6.07, 6.45) is 2.21. The zero-order valence-corrected chi connectivity index (χ0v) is 6.35. The molecule has 0 saturated carbocycles. The molecule has 0 atom stereocenters. The van der Waals surface area contributed by atoms with Crippen LogP contribution in [0.5, 0.6) is 0 Å². The summed E-state index contributed by atoms with van der Waals surface area (Å²) < 4.78 is 0. The first kappa shape index (κ1) is 8.63. The standard InChI is InChI=1S/C7H16N2/c1-3-5-7(6-8)9-4-2/h3-6,8H2,1-2H3. The lowest BCUT2D eigenvalue weighted by Gasteiger charge is -1.98. The SMILES string of the molecule is CCCC(CN)=NCC. The van der Waals surface area contributed by atoms with Gasteiger partial charge in [0, 0.05) is 18.8 Å². The van der Waals surface area contributed by atoms with Gasteiger partial charge >= 0.3 is 0 Å². The van der Waals surface area contributed by atoms with E-state index >= 15 is 0 Å². The number of hydrogen-bond acceptors (Lipinski definition) is 2. The molecular weight excluding hydrogens is 112 g/mol. The highest BCUT2D eigenvalue weighted by Crippen LogP contribution is 1.89. The molecule has 0 amide bonds. The Morgan fingerprint density at radius 2 is 2.11 bits per heavy atom. The van der Waals surface area contributed by atoms with Crippen LogP contribution in [0.3, 0.4) is 0 Å². The van der Waals surface area contributed by atoms with Gasteiger partial charge in [-0.2, -0.15) is 0 Å². The first-order valence-corrected chi connectivity index (χ1v) is 3.57. The second-order valence-electron chi connectivity index (χ2n) is 1.99. The Balaban J connectivity index is 3.53. The van der Waals surface area contributed by atoms with Gasteiger partial charge < -0.3 is 5.73 Å². The van der Waals surface area contributed by atoms with Crippen molar-refractivity contribution in [2.45, 2.75) is 26.7 Å². The zero-order valence-electron chi connectivity index (χ0n) is 6.35. The lowest BCUT2D eigenvalue weighted by Crippen LogP contribution is -2.13. The highest BCUT2D eigenvalue weighted by molar-refractivity contribution is 5.86. The Bertz CT molecular complexity index is 86.9. The van der Waals surface area contributed by atoms with Crippen LogP contribution in [0.2, 0.25) is 0 Å². The van der Waals surface area contributed by atoms with E-state index in [2.05, 4.69) is 11.9 Å². The summed E-state index contributed by atoms with van der Waals surface area (Å²) in [7, 11) is 0. The predicted octanol–water partition coefficient (Wildman–Crippen LogP) is 1.21. The molecule has 54 valence electrons. The second-order valence-corrected chi connectivity index (χ2v) is 1.99. The summed E-state index contributed by atoms with van der Waals surface area (Å²) in [5, 5.41) is 0. The number of nitrogens with zero attached hydrogens (tertiary/aromatic N) is 1. The fourth-order valence-corrected chi connectivity index (χ4v) is 0.758. The van der Waals surface area contributed by atoms with E-state index in [1.807, 2.05) is 6.92 Å². The van der Waals surface area contributed by atoms with Crippen molar-refractivity contribution in [2.75, 3.05) is 13.1 Å². The van der Waals surface area contributed by atoms with Crippen LogP contribution in [0.15, 0.2) is 4.99 Å². The van der Waals surface area contributed by atoms with E-state index in [0.29, 0.717) is 6.54 Å². The van der Waals surface area contributed by atoms with Crippen molar-refractivity contribution in [3.05, 3.63) is 0 Å². The van der Waals surface area contributed by atoms with Crippen molar-refractivity contribution in [1.82, 2.24) is 0 Å². The van der Waals surface area contributed by atoms with E-state index in [0.717, 1.165) is 25.1 Å². The van der Waals surface area contributed by atoms with Crippen molar-refractivity contribution in [2.24, 2.45) is 10.7 Å². The fraction of sp³-hybridized carbons (Fsp3) is 0.857. The van der Waals surface area contributed by atoms with Crippen molar-refractivity contribution in [3.8, 4) is 0 Å². The Morgan fingerprint density at radius 3 is 2.44 bits per heavy atom. The first-order valence-electron chi connectivity index (χ1n) is 3.57. The molecule has 0 aromatic rings. The van der Waals surface area contributed by atoms with Crippen molar-refractivity contribution in [1.29, 1.82) is 0 Å². The normalized spacial score (nSPS) is 12.1. The van der Waals surface area contributed by atoms with Gasteiger partial charge in [0.15, 0.2) is 0 Å². The van der Waals surface area contributed by atoms with Gasteiger partial charge in [0.05, 0.1) is 0 Å². The maximum atomic E-state index is 5.41. The molecule has 0 aromatic heterocycles. The Morgan fingerprint density at radius 1 is 1.44 bits per heavy atom. The molecule has 0 unspecified atom stereocenters. The van der Waals surface area contributed by atoms with E-state index in [1.165, 1.54) is 0 Å². The van der Waals surface area contributed by atoms with E-state index in [-0.39, 0.29) is 0 Å². The number of hydrogen-bond donors (Lipinski definition) is 1. The van der Waals surface area contributed by atoms with Crippen molar-refractivity contribution >= 4 is 5.71 Å². The number of rotatable bonds is 4.